The standard InChI is InChI=1S/C15H23F3N3O6P/c1-4-25-28(24,26-5-2)15(17,18)8-9-11(22)14(3,16)12(27-9)21-7-6-10(19)20-13(21)23/h6-7,9,11-12,22H,4-5,8H2,1-3H3,(H2,19,20,23)/t9-,11-,12-,14-/m1/s1. The number of nitrogen functional groups attached to an aromatic ring is 1. The Kier molecular flexibility index (Phi) is 6.61. The van der Waals surface area contributed by atoms with Crippen molar-refractivity contribution < 1.29 is 36.6 Å². The molecule has 1 fully saturated rings. The summed E-state index contributed by atoms with van der Waals surface area (Å²) in [5.74, 6) is -0.127. The van der Waals surface area contributed by atoms with E-state index >= 15 is 4.39 Å². The highest BCUT2D eigenvalue weighted by Gasteiger charge is 2.61. The van der Waals surface area contributed by atoms with Gasteiger partial charge in [-0.2, -0.15) is 13.8 Å². The maximum atomic E-state index is 15.1. The Morgan fingerprint density at radius 3 is 2.50 bits per heavy atom. The Morgan fingerprint density at radius 1 is 1.43 bits per heavy atom. The first-order valence-corrected chi connectivity index (χ1v) is 10.1. The van der Waals surface area contributed by atoms with Crippen molar-refractivity contribution in [1.29, 1.82) is 0 Å². The Hall–Kier alpha value is -1.46. The lowest BCUT2D eigenvalue weighted by Crippen LogP contribution is -2.43. The summed E-state index contributed by atoms with van der Waals surface area (Å²) in [5, 5.41) is 10.2. The van der Waals surface area contributed by atoms with Gasteiger partial charge in [0.1, 0.15) is 11.9 Å². The number of aliphatic hydroxyl groups excluding tert-OH is 1. The molecular formula is C15H23F3N3O6P. The van der Waals surface area contributed by atoms with Gasteiger partial charge in [0.2, 0.25) is 0 Å². The maximum Gasteiger partial charge on any atom is 0.399 e. The predicted octanol–water partition coefficient (Wildman–Crippen LogP) is 2.06. The SMILES string of the molecule is CCOP(=O)(OCC)C(F)(F)C[C@H]1O[C@@H](n2ccc(N)nc2=O)[C@](C)(F)[C@@H]1O. The van der Waals surface area contributed by atoms with Gasteiger partial charge in [0.15, 0.2) is 11.9 Å². The molecule has 0 aromatic carbocycles. The van der Waals surface area contributed by atoms with E-state index in [4.69, 9.17) is 10.5 Å². The molecule has 1 saturated heterocycles. The van der Waals surface area contributed by atoms with Crippen LogP contribution in [0.4, 0.5) is 19.0 Å². The predicted molar refractivity (Wildman–Crippen MR) is 92.8 cm³/mol. The smallest absolute Gasteiger partial charge is 0.387 e. The van der Waals surface area contributed by atoms with Crippen LogP contribution in [-0.2, 0) is 18.3 Å². The molecule has 9 nitrogen and oxygen atoms in total. The molecule has 0 bridgehead atoms. The van der Waals surface area contributed by atoms with Crippen LogP contribution in [0.5, 0.6) is 0 Å². The van der Waals surface area contributed by atoms with Gasteiger partial charge in [-0.05, 0) is 26.8 Å². The molecule has 0 radical (unpaired) electrons. The fourth-order valence-corrected chi connectivity index (χ4v) is 4.44. The van der Waals surface area contributed by atoms with Gasteiger partial charge in [0, 0.05) is 6.20 Å². The second-order valence-electron chi connectivity index (χ2n) is 6.37. The summed E-state index contributed by atoms with van der Waals surface area (Å²) in [6, 6.07) is 1.19. The molecule has 2 heterocycles. The summed E-state index contributed by atoms with van der Waals surface area (Å²) in [5.41, 5.74) is -2.30. The highest BCUT2D eigenvalue weighted by molar-refractivity contribution is 7.55. The van der Waals surface area contributed by atoms with Crippen molar-refractivity contribution in [2.75, 3.05) is 18.9 Å². The molecule has 2 rings (SSSR count). The normalized spacial score (nSPS) is 28.6. The molecule has 4 atom stereocenters. The molecule has 1 aliphatic heterocycles. The summed E-state index contributed by atoms with van der Waals surface area (Å²) in [4.78, 5) is 15.4. The van der Waals surface area contributed by atoms with E-state index < -0.39 is 49.5 Å². The van der Waals surface area contributed by atoms with Crippen LogP contribution in [0.3, 0.4) is 0 Å². The second-order valence-corrected chi connectivity index (χ2v) is 8.53. The fraction of sp³-hybridized carbons (Fsp3) is 0.733. The van der Waals surface area contributed by atoms with E-state index in [0.717, 1.165) is 13.1 Å². The van der Waals surface area contributed by atoms with Gasteiger partial charge in [0.05, 0.1) is 25.7 Å². The quantitative estimate of drug-likeness (QED) is 0.602. The molecular weight excluding hydrogens is 406 g/mol. The third kappa shape index (κ3) is 4.11. The van der Waals surface area contributed by atoms with Crippen LogP contribution in [0.1, 0.15) is 33.4 Å². The van der Waals surface area contributed by atoms with Crippen LogP contribution in [0.25, 0.3) is 0 Å². The monoisotopic (exact) mass is 429 g/mol. The number of ether oxygens (including phenoxy) is 1. The minimum Gasteiger partial charge on any atom is -0.387 e. The zero-order valence-electron chi connectivity index (χ0n) is 15.5. The fourth-order valence-electron chi connectivity index (χ4n) is 2.90. The Bertz CT molecular complexity index is 795. The molecule has 28 heavy (non-hydrogen) atoms. The number of nitrogens with two attached hydrogens (primary N) is 1. The lowest BCUT2D eigenvalue weighted by molar-refractivity contribution is -0.0759. The van der Waals surface area contributed by atoms with Crippen LogP contribution in [0.15, 0.2) is 17.1 Å². The molecule has 0 unspecified atom stereocenters. The molecule has 1 aromatic rings. The van der Waals surface area contributed by atoms with Crippen molar-refractivity contribution >= 4 is 13.4 Å². The molecule has 0 saturated carbocycles. The summed E-state index contributed by atoms with van der Waals surface area (Å²) in [6.07, 6.45) is -5.87. The van der Waals surface area contributed by atoms with Crippen molar-refractivity contribution in [3.8, 4) is 0 Å². The highest BCUT2D eigenvalue weighted by atomic mass is 31.2. The third-order valence-electron chi connectivity index (χ3n) is 4.27. The van der Waals surface area contributed by atoms with Crippen LogP contribution in [0.2, 0.25) is 0 Å². The first kappa shape index (κ1) is 22.8. The minimum atomic E-state index is -4.90. The number of anilines is 1. The van der Waals surface area contributed by atoms with Crippen molar-refractivity contribution in [2.24, 2.45) is 0 Å². The minimum absolute atomic E-state index is 0.127. The van der Waals surface area contributed by atoms with E-state index in [1.54, 1.807) is 0 Å². The van der Waals surface area contributed by atoms with E-state index in [9.17, 15) is 23.2 Å². The molecule has 0 amide bonds. The molecule has 0 spiro atoms. The number of rotatable bonds is 8. The van der Waals surface area contributed by atoms with Gasteiger partial charge in [-0.25, -0.2) is 9.18 Å². The largest absolute Gasteiger partial charge is 0.399 e. The van der Waals surface area contributed by atoms with E-state index in [1.807, 2.05) is 0 Å². The van der Waals surface area contributed by atoms with E-state index in [2.05, 4.69) is 14.0 Å². The number of hydrogen-bond donors (Lipinski definition) is 2. The van der Waals surface area contributed by atoms with E-state index in [1.165, 1.54) is 19.9 Å². The summed E-state index contributed by atoms with van der Waals surface area (Å²) in [7, 11) is -4.90. The van der Waals surface area contributed by atoms with Gasteiger partial charge in [-0.15, -0.1) is 0 Å². The lowest BCUT2D eigenvalue weighted by Gasteiger charge is -2.28. The zero-order valence-corrected chi connectivity index (χ0v) is 16.4. The molecule has 0 aliphatic carbocycles. The highest BCUT2D eigenvalue weighted by Crippen LogP contribution is 2.64. The Labute approximate surface area is 159 Å². The maximum absolute atomic E-state index is 15.1. The van der Waals surface area contributed by atoms with Crippen LogP contribution < -0.4 is 11.4 Å². The van der Waals surface area contributed by atoms with Crippen molar-refractivity contribution in [2.45, 2.75) is 57.0 Å². The van der Waals surface area contributed by atoms with Crippen LogP contribution in [0, 0.1) is 0 Å². The first-order valence-electron chi connectivity index (χ1n) is 8.53. The van der Waals surface area contributed by atoms with E-state index in [-0.39, 0.29) is 19.0 Å². The van der Waals surface area contributed by atoms with Gasteiger partial charge in [-0.1, -0.05) is 0 Å². The zero-order chi connectivity index (χ0) is 21.3. The van der Waals surface area contributed by atoms with E-state index in [0.29, 0.717) is 4.57 Å². The summed E-state index contributed by atoms with van der Waals surface area (Å²) in [6.45, 7) is 3.00. The number of hydrogen-bond acceptors (Lipinski definition) is 8. The summed E-state index contributed by atoms with van der Waals surface area (Å²) >= 11 is 0. The molecule has 3 N–H and O–H groups in total. The molecule has 13 heteroatoms. The van der Waals surface area contributed by atoms with Crippen LogP contribution in [-0.4, -0.2) is 51.4 Å². The average Bonchev–Trinajstić information content (AvgIpc) is 2.78. The van der Waals surface area contributed by atoms with Crippen LogP contribution >= 0.6 is 7.60 Å². The molecule has 1 aliphatic rings. The Morgan fingerprint density at radius 2 is 2.00 bits per heavy atom. The molecule has 1 aromatic heterocycles. The number of nitrogens with zero attached hydrogens (tertiary/aromatic N) is 2. The average molecular weight is 429 g/mol. The number of aliphatic hydroxyl groups is 1. The van der Waals surface area contributed by atoms with Crippen molar-refractivity contribution in [3.05, 3.63) is 22.7 Å². The number of alkyl halides is 3. The van der Waals surface area contributed by atoms with Crippen molar-refractivity contribution in [3.63, 3.8) is 0 Å². The third-order valence-corrected chi connectivity index (χ3v) is 6.45. The van der Waals surface area contributed by atoms with Gasteiger partial charge in [-0.3, -0.25) is 9.13 Å². The first-order chi connectivity index (χ1) is 12.9. The summed E-state index contributed by atoms with van der Waals surface area (Å²) < 4.78 is 72.1. The lowest BCUT2D eigenvalue weighted by atomic mass is 9.97. The van der Waals surface area contributed by atoms with Gasteiger partial charge in [0.25, 0.3) is 0 Å². The van der Waals surface area contributed by atoms with Crippen molar-refractivity contribution in [1.82, 2.24) is 9.55 Å². The number of halogens is 3. The van der Waals surface area contributed by atoms with Gasteiger partial charge >= 0.3 is 18.9 Å². The number of aromatic nitrogens is 2. The molecule has 160 valence electrons. The Balaban J connectivity index is 2.32. The topological polar surface area (TPSA) is 126 Å². The van der Waals surface area contributed by atoms with Gasteiger partial charge < -0.3 is 24.6 Å². The second kappa shape index (κ2) is 8.11.